The van der Waals surface area contributed by atoms with Crippen molar-refractivity contribution in [1.29, 1.82) is 0 Å². The highest BCUT2D eigenvalue weighted by molar-refractivity contribution is 8.00. The quantitative estimate of drug-likeness (QED) is 0.888. The lowest BCUT2D eigenvalue weighted by molar-refractivity contribution is 0.364. The fourth-order valence-electron chi connectivity index (χ4n) is 2.41. The molecule has 0 amide bonds. The van der Waals surface area contributed by atoms with Gasteiger partial charge in [-0.05, 0) is 49.2 Å². The molecule has 1 aromatic heterocycles. The molecule has 2 heterocycles. The van der Waals surface area contributed by atoms with Gasteiger partial charge in [-0.15, -0.1) is 11.8 Å². The van der Waals surface area contributed by atoms with E-state index >= 15 is 0 Å². The van der Waals surface area contributed by atoms with E-state index in [4.69, 9.17) is 0 Å². The average Bonchev–Trinajstić information content (AvgIpc) is 2.38. The monoisotopic (exact) mass is 250 g/mol. The van der Waals surface area contributed by atoms with E-state index in [9.17, 15) is 0 Å². The topological polar surface area (TPSA) is 24.9 Å². The van der Waals surface area contributed by atoms with E-state index in [2.05, 4.69) is 48.0 Å². The second kappa shape index (κ2) is 6.41. The minimum Gasteiger partial charge on any atom is -0.317 e. The molecule has 1 fully saturated rings. The van der Waals surface area contributed by atoms with Crippen molar-refractivity contribution in [2.75, 3.05) is 13.1 Å². The van der Waals surface area contributed by atoms with Crippen LogP contribution in [0, 0.1) is 5.92 Å². The second-order valence-corrected chi connectivity index (χ2v) is 6.67. The minimum atomic E-state index is 0.568. The van der Waals surface area contributed by atoms with Crippen LogP contribution in [0.5, 0.6) is 0 Å². The van der Waals surface area contributed by atoms with Crippen molar-refractivity contribution >= 4 is 11.8 Å². The summed E-state index contributed by atoms with van der Waals surface area (Å²) in [7, 11) is 0. The molecular formula is C14H22N2S. The molecule has 17 heavy (non-hydrogen) atoms. The van der Waals surface area contributed by atoms with E-state index in [1.165, 1.54) is 18.5 Å². The third-order valence-electron chi connectivity index (χ3n) is 3.21. The lowest BCUT2D eigenvalue weighted by Gasteiger charge is -2.31. The minimum absolute atomic E-state index is 0.568. The number of hydrogen-bond donors (Lipinski definition) is 1. The summed E-state index contributed by atoms with van der Waals surface area (Å²) in [5, 5.41) is 4.68. The SMILES string of the molecule is CC(C)SC(c1ccccn1)C1CCNCC1. The first-order chi connectivity index (χ1) is 8.27. The van der Waals surface area contributed by atoms with Gasteiger partial charge in [-0.3, -0.25) is 4.98 Å². The predicted octanol–water partition coefficient (Wildman–Crippen LogP) is 3.26. The van der Waals surface area contributed by atoms with Crippen molar-refractivity contribution in [3.63, 3.8) is 0 Å². The fraction of sp³-hybridized carbons (Fsp3) is 0.643. The lowest BCUT2D eigenvalue weighted by atomic mass is 9.92. The van der Waals surface area contributed by atoms with E-state index in [0.29, 0.717) is 10.5 Å². The standard InChI is InChI=1S/C14H22N2S/c1-11(2)17-14(12-6-9-15-10-7-12)13-5-3-4-8-16-13/h3-5,8,11-12,14-15H,6-7,9-10H2,1-2H3. The van der Waals surface area contributed by atoms with Gasteiger partial charge in [-0.25, -0.2) is 0 Å². The van der Waals surface area contributed by atoms with Gasteiger partial charge in [0.25, 0.3) is 0 Å². The van der Waals surface area contributed by atoms with Gasteiger partial charge in [-0.1, -0.05) is 19.9 Å². The van der Waals surface area contributed by atoms with E-state index in [0.717, 1.165) is 19.0 Å². The Hall–Kier alpha value is -0.540. The van der Waals surface area contributed by atoms with E-state index in [1.807, 2.05) is 12.3 Å². The van der Waals surface area contributed by atoms with Crippen molar-refractivity contribution < 1.29 is 0 Å². The van der Waals surface area contributed by atoms with Gasteiger partial charge in [0.15, 0.2) is 0 Å². The van der Waals surface area contributed by atoms with Crippen molar-refractivity contribution in [2.24, 2.45) is 5.92 Å². The van der Waals surface area contributed by atoms with Crippen LogP contribution in [-0.2, 0) is 0 Å². The number of thioether (sulfide) groups is 1. The Morgan fingerprint density at radius 1 is 1.29 bits per heavy atom. The maximum absolute atomic E-state index is 4.57. The molecule has 0 spiro atoms. The zero-order chi connectivity index (χ0) is 12.1. The van der Waals surface area contributed by atoms with Crippen LogP contribution in [0.25, 0.3) is 0 Å². The first kappa shape index (κ1) is 12.9. The molecular weight excluding hydrogens is 228 g/mol. The molecule has 2 nitrogen and oxygen atoms in total. The lowest BCUT2D eigenvalue weighted by Crippen LogP contribution is -2.30. The molecule has 1 aliphatic heterocycles. The molecule has 1 saturated heterocycles. The number of nitrogens with one attached hydrogen (secondary N) is 1. The number of rotatable bonds is 4. The summed E-state index contributed by atoms with van der Waals surface area (Å²) in [6.07, 6.45) is 4.48. The molecule has 3 heteroatoms. The average molecular weight is 250 g/mol. The molecule has 1 N–H and O–H groups in total. The molecule has 1 unspecified atom stereocenters. The fourth-order valence-corrected chi connectivity index (χ4v) is 3.77. The highest BCUT2D eigenvalue weighted by Crippen LogP contribution is 2.41. The van der Waals surface area contributed by atoms with Crippen molar-refractivity contribution in [3.05, 3.63) is 30.1 Å². The number of piperidine rings is 1. The summed E-state index contributed by atoms with van der Waals surface area (Å²) in [5.41, 5.74) is 1.26. The molecule has 0 bridgehead atoms. The summed E-state index contributed by atoms with van der Waals surface area (Å²) in [6.45, 7) is 6.88. The second-order valence-electron chi connectivity index (χ2n) is 4.95. The molecule has 1 aliphatic rings. The van der Waals surface area contributed by atoms with Crippen LogP contribution < -0.4 is 5.32 Å². The Morgan fingerprint density at radius 2 is 2.06 bits per heavy atom. The highest BCUT2D eigenvalue weighted by atomic mass is 32.2. The molecule has 0 radical (unpaired) electrons. The molecule has 94 valence electrons. The van der Waals surface area contributed by atoms with Crippen LogP contribution in [0.2, 0.25) is 0 Å². The van der Waals surface area contributed by atoms with Crippen molar-refractivity contribution in [2.45, 2.75) is 37.2 Å². The van der Waals surface area contributed by atoms with Gasteiger partial charge >= 0.3 is 0 Å². The molecule has 0 aliphatic carbocycles. The smallest absolute Gasteiger partial charge is 0.0536 e. The first-order valence-corrected chi connectivity index (χ1v) is 7.49. The van der Waals surface area contributed by atoms with Crippen LogP contribution in [0.4, 0.5) is 0 Å². The first-order valence-electron chi connectivity index (χ1n) is 6.54. The number of aromatic nitrogens is 1. The largest absolute Gasteiger partial charge is 0.317 e. The zero-order valence-corrected chi connectivity index (χ0v) is 11.5. The summed E-state index contributed by atoms with van der Waals surface area (Å²) in [5.74, 6) is 0.776. The van der Waals surface area contributed by atoms with Gasteiger partial charge in [0.1, 0.15) is 0 Å². The Kier molecular flexibility index (Phi) is 4.86. The molecule has 0 aromatic carbocycles. The number of pyridine rings is 1. The van der Waals surface area contributed by atoms with E-state index in [1.54, 1.807) is 0 Å². The maximum Gasteiger partial charge on any atom is 0.0536 e. The van der Waals surface area contributed by atoms with Crippen LogP contribution in [0.3, 0.4) is 0 Å². The summed E-state index contributed by atoms with van der Waals surface area (Å²) in [4.78, 5) is 4.57. The van der Waals surface area contributed by atoms with Gasteiger partial charge < -0.3 is 5.32 Å². The number of hydrogen-bond acceptors (Lipinski definition) is 3. The Labute approximate surface area is 109 Å². The highest BCUT2D eigenvalue weighted by Gasteiger charge is 2.26. The zero-order valence-electron chi connectivity index (χ0n) is 10.7. The molecule has 0 saturated carbocycles. The third kappa shape index (κ3) is 3.71. The van der Waals surface area contributed by atoms with Gasteiger partial charge in [0.05, 0.1) is 10.9 Å². The summed E-state index contributed by atoms with van der Waals surface area (Å²) < 4.78 is 0. The van der Waals surface area contributed by atoms with Crippen LogP contribution in [0.1, 0.15) is 37.6 Å². The van der Waals surface area contributed by atoms with Crippen molar-refractivity contribution in [1.82, 2.24) is 10.3 Å². The normalized spacial score (nSPS) is 19.5. The molecule has 2 rings (SSSR count). The van der Waals surface area contributed by atoms with E-state index in [-0.39, 0.29) is 0 Å². The summed E-state index contributed by atoms with van der Waals surface area (Å²) >= 11 is 2.07. The van der Waals surface area contributed by atoms with E-state index < -0.39 is 0 Å². The maximum atomic E-state index is 4.57. The Bertz CT molecular complexity index is 320. The van der Waals surface area contributed by atoms with Crippen LogP contribution in [0.15, 0.2) is 24.4 Å². The van der Waals surface area contributed by atoms with Crippen LogP contribution >= 0.6 is 11.8 Å². The predicted molar refractivity (Wildman–Crippen MR) is 75.3 cm³/mol. The third-order valence-corrected chi connectivity index (χ3v) is 4.67. The Balaban J connectivity index is 2.12. The van der Waals surface area contributed by atoms with Gasteiger partial charge in [0, 0.05) is 6.20 Å². The number of nitrogens with zero attached hydrogens (tertiary/aromatic N) is 1. The van der Waals surface area contributed by atoms with Gasteiger partial charge in [0.2, 0.25) is 0 Å². The van der Waals surface area contributed by atoms with Crippen molar-refractivity contribution in [3.8, 4) is 0 Å². The van der Waals surface area contributed by atoms with Crippen LogP contribution in [-0.4, -0.2) is 23.3 Å². The Morgan fingerprint density at radius 3 is 2.65 bits per heavy atom. The van der Waals surface area contributed by atoms with Gasteiger partial charge in [-0.2, -0.15) is 0 Å². The molecule has 1 aromatic rings. The summed E-state index contributed by atoms with van der Waals surface area (Å²) in [6, 6.07) is 6.29. The molecule has 1 atom stereocenters.